The van der Waals surface area contributed by atoms with Gasteiger partial charge >= 0.3 is 0 Å². The van der Waals surface area contributed by atoms with E-state index in [1.165, 1.54) is 12.1 Å². The van der Waals surface area contributed by atoms with Gasteiger partial charge in [0.1, 0.15) is 5.82 Å². The fraction of sp³-hybridized carbons (Fsp3) is 0.533. The molecule has 0 saturated heterocycles. The van der Waals surface area contributed by atoms with Crippen LogP contribution in [0.25, 0.3) is 0 Å². The number of nitrogens with one attached hydrogen (secondary N) is 2. The molecule has 0 bridgehead atoms. The molecule has 0 unspecified atom stereocenters. The van der Waals surface area contributed by atoms with Gasteiger partial charge in [-0.15, -0.1) is 12.4 Å². The highest BCUT2D eigenvalue weighted by Gasteiger charge is 2.29. The molecule has 0 atom stereocenters. The molecule has 0 heterocycles. The van der Waals surface area contributed by atoms with Gasteiger partial charge in [0, 0.05) is 13.1 Å². The van der Waals surface area contributed by atoms with Crippen molar-refractivity contribution in [2.24, 2.45) is 0 Å². The van der Waals surface area contributed by atoms with E-state index in [0.717, 1.165) is 19.5 Å². The Bertz CT molecular complexity index is 424. The maximum absolute atomic E-state index is 13.2. The molecule has 0 radical (unpaired) electrons. The van der Waals surface area contributed by atoms with E-state index in [0.29, 0.717) is 12.1 Å². The van der Waals surface area contributed by atoms with Gasteiger partial charge in [-0.25, -0.2) is 4.39 Å². The van der Waals surface area contributed by atoms with Crippen molar-refractivity contribution in [1.29, 1.82) is 0 Å². The SMILES string of the molecule is CCCNCCNC(=O)C(C)(C)c1cccc(F)c1.Cl. The molecule has 1 rings (SSSR count). The van der Waals surface area contributed by atoms with Crippen LogP contribution in [0, 0.1) is 5.82 Å². The molecule has 2 N–H and O–H groups in total. The first-order valence-corrected chi connectivity index (χ1v) is 6.73. The summed E-state index contributed by atoms with van der Waals surface area (Å²) in [6.07, 6.45) is 1.07. The molecule has 0 aliphatic carbocycles. The first-order valence-electron chi connectivity index (χ1n) is 6.73. The van der Waals surface area contributed by atoms with E-state index in [-0.39, 0.29) is 24.1 Å². The van der Waals surface area contributed by atoms with Gasteiger partial charge in [0.2, 0.25) is 5.91 Å². The van der Waals surface area contributed by atoms with Crippen molar-refractivity contribution in [3.05, 3.63) is 35.6 Å². The van der Waals surface area contributed by atoms with E-state index < -0.39 is 5.41 Å². The van der Waals surface area contributed by atoms with E-state index in [4.69, 9.17) is 0 Å². The van der Waals surface area contributed by atoms with Crippen molar-refractivity contribution < 1.29 is 9.18 Å². The molecule has 5 heteroatoms. The number of hydrogen-bond donors (Lipinski definition) is 2. The summed E-state index contributed by atoms with van der Waals surface area (Å²) in [5.74, 6) is -0.403. The molecule has 0 aromatic heterocycles. The average Bonchev–Trinajstić information content (AvgIpc) is 2.38. The van der Waals surface area contributed by atoms with Crippen LogP contribution in [0.3, 0.4) is 0 Å². The molecule has 0 aliphatic rings. The van der Waals surface area contributed by atoms with Crippen LogP contribution in [0.4, 0.5) is 4.39 Å². The lowest BCUT2D eigenvalue weighted by Crippen LogP contribution is -2.42. The van der Waals surface area contributed by atoms with Gasteiger partial charge < -0.3 is 10.6 Å². The summed E-state index contributed by atoms with van der Waals surface area (Å²) >= 11 is 0. The first-order chi connectivity index (χ1) is 8.98. The van der Waals surface area contributed by atoms with E-state index >= 15 is 0 Å². The molecule has 1 aromatic carbocycles. The topological polar surface area (TPSA) is 41.1 Å². The summed E-state index contributed by atoms with van der Waals surface area (Å²) in [5.41, 5.74) is -0.0427. The predicted octanol–water partition coefficient (Wildman–Crippen LogP) is 2.64. The number of carbonyl (C=O) groups excluding carboxylic acids is 1. The molecule has 1 aromatic rings. The fourth-order valence-electron chi connectivity index (χ4n) is 1.80. The van der Waals surface area contributed by atoms with Crippen LogP contribution in [0.1, 0.15) is 32.8 Å². The summed E-state index contributed by atoms with van der Waals surface area (Å²) < 4.78 is 13.2. The maximum atomic E-state index is 13.2. The highest BCUT2D eigenvalue weighted by molar-refractivity contribution is 5.87. The quantitative estimate of drug-likeness (QED) is 0.760. The first kappa shape index (κ1) is 18.9. The highest BCUT2D eigenvalue weighted by Crippen LogP contribution is 2.23. The Kier molecular flexibility index (Phi) is 8.42. The minimum absolute atomic E-state index is 0. The third-order valence-electron chi connectivity index (χ3n) is 3.13. The number of hydrogen-bond acceptors (Lipinski definition) is 2. The van der Waals surface area contributed by atoms with E-state index in [9.17, 15) is 9.18 Å². The van der Waals surface area contributed by atoms with Crippen molar-refractivity contribution in [2.75, 3.05) is 19.6 Å². The molecule has 114 valence electrons. The van der Waals surface area contributed by atoms with Gasteiger partial charge in [-0.3, -0.25) is 4.79 Å². The lowest BCUT2D eigenvalue weighted by Gasteiger charge is -2.24. The minimum Gasteiger partial charge on any atom is -0.354 e. The predicted molar refractivity (Wildman–Crippen MR) is 82.8 cm³/mol. The van der Waals surface area contributed by atoms with Crippen LogP contribution in [-0.2, 0) is 10.2 Å². The molecule has 20 heavy (non-hydrogen) atoms. The summed E-state index contributed by atoms with van der Waals surface area (Å²) in [4.78, 5) is 12.1. The number of rotatable bonds is 7. The summed E-state index contributed by atoms with van der Waals surface area (Å²) in [7, 11) is 0. The summed E-state index contributed by atoms with van der Waals surface area (Å²) in [5, 5.41) is 6.09. The molecule has 0 aliphatic heterocycles. The van der Waals surface area contributed by atoms with E-state index in [2.05, 4.69) is 17.6 Å². The van der Waals surface area contributed by atoms with Crippen LogP contribution >= 0.6 is 12.4 Å². The molecule has 3 nitrogen and oxygen atoms in total. The van der Waals surface area contributed by atoms with Gasteiger partial charge in [-0.1, -0.05) is 19.1 Å². The summed E-state index contributed by atoms with van der Waals surface area (Å²) in [6, 6.07) is 6.20. The smallest absolute Gasteiger partial charge is 0.230 e. The van der Waals surface area contributed by atoms with Crippen molar-refractivity contribution >= 4 is 18.3 Å². The number of benzene rings is 1. The van der Waals surface area contributed by atoms with Gasteiger partial charge in [0.25, 0.3) is 0 Å². The fourth-order valence-corrected chi connectivity index (χ4v) is 1.80. The maximum Gasteiger partial charge on any atom is 0.230 e. The van der Waals surface area contributed by atoms with Gasteiger partial charge in [-0.05, 0) is 44.5 Å². The van der Waals surface area contributed by atoms with Crippen LogP contribution in [-0.4, -0.2) is 25.5 Å². The van der Waals surface area contributed by atoms with E-state index in [1.807, 2.05) is 0 Å². The standard InChI is InChI=1S/C15H23FN2O.ClH/c1-4-8-17-9-10-18-14(19)15(2,3)12-6-5-7-13(16)11-12;/h5-7,11,17H,4,8-10H2,1-3H3,(H,18,19);1H. The third-order valence-corrected chi connectivity index (χ3v) is 3.13. The number of carbonyl (C=O) groups is 1. The minimum atomic E-state index is -0.729. The molecule has 0 spiro atoms. The molecular formula is C15H24ClFN2O. The normalized spacial score (nSPS) is 10.8. The molecule has 0 fully saturated rings. The second-order valence-corrected chi connectivity index (χ2v) is 5.14. The molecule has 0 saturated carbocycles. The lowest BCUT2D eigenvalue weighted by atomic mass is 9.83. The zero-order valence-corrected chi connectivity index (χ0v) is 13.1. The second-order valence-electron chi connectivity index (χ2n) is 5.14. The van der Waals surface area contributed by atoms with Gasteiger partial charge in [-0.2, -0.15) is 0 Å². The zero-order chi connectivity index (χ0) is 14.3. The Morgan fingerprint density at radius 1 is 1.25 bits per heavy atom. The largest absolute Gasteiger partial charge is 0.354 e. The second kappa shape index (κ2) is 8.93. The lowest BCUT2D eigenvalue weighted by molar-refractivity contribution is -0.125. The Morgan fingerprint density at radius 3 is 2.55 bits per heavy atom. The number of amides is 1. The highest BCUT2D eigenvalue weighted by atomic mass is 35.5. The van der Waals surface area contributed by atoms with Crippen molar-refractivity contribution in [3.8, 4) is 0 Å². The van der Waals surface area contributed by atoms with Crippen LogP contribution < -0.4 is 10.6 Å². The van der Waals surface area contributed by atoms with Crippen molar-refractivity contribution in [2.45, 2.75) is 32.6 Å². The Labute approximate surface area is 126 Å². The van der Waals surface area contributed by atoms with Crippen molar-refractivity contribution in [3.63, 3.8) is 0 Å². The number of halogens is 2. The van der Waals surface area contributed by atoms with Gasteiger partial charge in [0.05, 0.1) is 5.41 Å². The molecule has 1 amide bonds. The van der Waals surface area contributed by atoms with E-state index in [1.54, 1.807) is 26.0 Å². The van der Waals surface area contributed by atoms with Crippen LogP contribution in [0.15, 0.2) is 24.3 Å². The third kappa shape index (κ3) is 5.47. The zero-order valence-electron chi connectivity index (χ0n) is 12.3. The Balaban J connectivity index is 0.00000361. The van der Waals surface area contributed by atoms with Gasteiger partial charge in [0.15, 0.2) is 0 Å². The monoisotopic (exact) mass is 302 g/mol. The Hall–Kier alpha value is -1.13. The van der Waals surface area contributed by atoms with Crippen LogP contribution in [0.5, 0.6) is 0 Å². The van der Waals surface area contributed by atoms with Crippen LogP contribution in [0.2, 0.25) is 0 Å². The van der Waals surface area contributed by atoms with Crippen molar-refractivity contribution in [1.82, 2.24) is 10.6 Å². The average molecular weight is 303 g/mol. The Morgan fingerprint density at radius 2 is 1.95 bits per heavy atom. The summed E-state index contributed by atoms with van der Waals surface area (Å²) in [6.45, 7) is 7.98. The molecular weight excluding hydrogens is 279 g/mol.